The van der Waals surface area contributed by atoms with Crippen LogP contribution in [-0.4, -0.2) is 34.3 Å². The number of aryl methyl sites for hydroxylation is 1. The minimum atomic E-state index is -0.242. The van der Waals surface area contributed by atoms with Crippen molar-refractivity contribution in [3.63, 3.8) is 0 Å². The molecular weight excluding hydrogens is 244 g/mol. The maximum absolute atomic E-state index is 11.9. The highest BCUT2D eigenvalue weighted by atomic mass is 16.2. The van der Waals surface area contributed by atoms with Crippen LogP contribution in [0.1, 0.15) is 23.1 Å². The minimum absolute atomic E-state index is 0.113. The van der Waals surface area contributed by atoms with E-state index in [1.165, 1.54) is 6.92 Å². The van der Waals surface area contributed by atoms with Crippen LogP contribution in [0.4, 0.5) is 0 Å². The molecule has 2 aromatic heterocycles. The molecule has 6 nitrogen and oxygen atoms in total. The van der Waals surface area contributed by atoms with Crippen molar-refractivity contribution in [1.29, 1.82) is 0 Å². The van der Waals surface area contributed by atoms with E-state index in [-0.39, 0.29) is 11.8 Å². The maximum atomic E-state index is 11.9. The molecule has 2 aromatic rings. The summed E-state index contributed by atoms with van der Waals surface area (Å²) in [5.41, 5.74) is 2.13. The molecule has 19 heavy (non-hydrogen) atoms. The average Bonchev–Trinajstić information content (AvgIpc) is 2.79. The zero-order valence-electron chi connectivity index (χ0n) is 10.9. The Morgan fingerprint density at radius 3 is 2.68 bits per heavy atom. The number of nitrogens with one attached hydrogen (secondary N) is 2. The molecule has 0 atom stereocenters. The molecule has 2 heterocycles. The van der Waals surface area contributed by atoms with E-state index in [9.17, 15) is 9.59 Å². The number of rotatable bonds is 4. The molecule has 0 aliphatic heterocycles. The van der Waals surface area contributed by atoms with Gasteiger partial charge in [-0.3, -0.25) is 9.59 Å². The quantitative estimate of drug-likeness (QED) is 0.786. The molecule has 0 aromatic carbocycles. The zero-order valence-corrected chi connectivity index (χ0v) is 10.9. The number of nitrogens with zero attached hydrogens (tertiary/aromatic N) is 2. The highest BCUT2D eigenvalue weighted by Gasteiger charge is 2.10. The Balaban J connectivity index is 2.01. The molecule has 0 aliphatic carbocycles. The topological polar surface area (TPSA) is 75.5 Å². The molecule has 0 bridgehead atoms. The Labute approximate surface area is 110 Å². The number of carbonyl (C=O) groups excluding carboxylic acids is 2. The van der Waals surface area contributed by atoms with Crippen molar-refractivity contribution in [1.82, 2.24) is 20.0 Å². The van der Waals surface area contributed by atoms with Crippen molar-refractivity contribution in [2.75, 3.05) is 13.1 Å². The predicted octanol–water partition coefficient (Wildman–Crippen LogP) is 0.509. The minimum Gasteiger partial charge on any atom is -0.355 e. The molecule has 2 N–H and O–H groups in total. The highest BCUT2D eigenvalue weighted by Crippen LogP contribution is 2.08. The summed E-state index contributed by atoms with van der Waals surface area (Å²) in [6, 6.07) is 5.70. The van der Waals surface area contributed by atoms with E-state index >= 15 is 0 Å². The maximum Gasteiger partial charge on any atom is 0.271 e. The molecule has 100 valence electrons. The van der Waals surface area contributed by atoms with Gasteiger partial charge in [-0.25, -0.2) is 4.98 Å². The number of imidazole rings is 1. The molecule has 0 spiro atoms. The number of hydrogen-bond donors (Lipinski definition) is 2. The van der Waals surface area contributed by atoms with E-state index in [0.29, 0.717) is 18.8 Å². The van der Waals surface area contributed by atoms with E-state index in [1.807, 2.05) is 29.5 Å². The van der Waals surface area contributed by atoms with Gasteiger partial charge < -0.3 is 15.0 Å². The van der Waals surface area contributed by atoms with Gasteiger partial charge in [-0.2, -0.15) is 0 Å². The second-order valence-corrected chi connectivity index (χ2v) is 4.26. The second-order valence-electron chi connectivity index (χ2n) is 4.26. The van der Waals surface area contributed by atoms with Gasteiger partial charge in [0.05, 0.1) is 0 Å². The summed E-state index contributed by atoms with van der Waals surface area (Å²) in [6.45, 7) is 4.18. The van der Waals surface area contributed by atoms with E-state index in [1.54, 1.807) is 6.20 Å². The summed E-state index contributed by atoms with van der Waals surface area (Å²) in [7, 11) is 0. The van der Waals surface area contributed by atoms with Crippen molar-refractivity contribution in [2.24, 2.45) is 0 Å². The molecule has 2 amide bonds. The summed E-state index contributed by atoms with van der Waals surface area (Å²) in [6.07, 6.45) is 1.71. The fraction of sp³-hybridized carbons (Fsp3) is 0.308. The van der Waals surface area contributed by atoms with Crippen LogP contribution in [0.5, 0.6) is 0 Å². The van der Waals surface area contributed by atoms with Crippen LogP contribution in [-0.2, 0) is 4.79 Å². The first-order valence-corrected chi connectivity index (χ1v) is 6.05. The summed E-state index contributed by atoms with van der Waals surface area (Å²) in [5.74, 6) is -0.356. The van der Waals surface area contributed by atoms with Gasteiger partial charge in [-0.15, -0.1) is 0 Å². The van der Waals surface area contributed by atoms with Crippen LogP contribution in [0, 0.1) is 6.92 Å². The lowest BCUT2D eigenvalue weighted by Crippen LogP contribution is -2.33. The van der Waals surface area contributed by atoms with Crippen LogP contribution in [0.2, 0.25) is 0 Å². The molecule has 0 unspecified atom stereocenters. The van der Waals surface area contributed by atoms with Crippen molar-refractivity contribution >= 4 is 17.5 Å². The Bertz CT molecular complexity index is 618. The second kappa shape index (κ2) is 5.51. The first-order chi connectivity index (χ1) is 9.08. The van der Waals surface area contributed by atoms with E-state index in [4.69, 9.17) is 0 Å². The molecular formula is C13H16N4O2. The Kier molecular flexibility index (Phi) is 3.79. The number of carbonyl (C=O) groups is 2. The Morgan fingerprint density at radius 2 is 2.00 bits per heavy atom. The molecule has 6 heteroatoms. The van der Waals surface area contributed by atoms with Crippen LogP contribution in [0.15, 0.2) is 24.4 Å². The van der Waals surface area contributed by atoms with Gasteiger partial charge in [0.1, 0.15) is 11.3 Å². The molecule has 2 rings (SSSR count). The fourth-order valence-electron chi connectivity index (χ4n) is 1.76. The van der Waals surface area contributed by atoms with Crippen LogP contribution in [0.25, 0.3) is 5.65 Å². The average molecular weight is 260 g/mol. The number of hydrogen-bond acceptors (Lipinski definition) is 3. The van der Waals surface area contributed by atoms with Gasteiger partial charge in [-0.1, -0.05) is 6.07 Å². The van der Waals surface area contributed by atoms with Crippen LogP contribution in [0.3, 0.4) is 0 Å². The number of fused-ring (bicyclic) bond motifs is 1. The van der Waals surface area contributed by atoms with Gasteiger partial charge in [-0.05, 0) is 19.1 Å². The van der Waals surface area contributed by atoms with Gasteiger partial charge in [0.2, 0.25) is 5.91 Å². The molecule has 0 aliphatic rings. The lowest BCUT2D eigenvalue weighted by molar-refractivity contribution is -0.118. The van der Waals surface area contributed by atoms with Crippen LogP contribution < -0.4 is 10.6 Å². The lowest BCUT2D eigenvalue weighted by atomic mass is 10.4. The number of amides is 2. The van der Waals surface area contributed by atoms with Crippen molar-refractivity contribution < 1.29 is 9.59 Å². The SMILES string of the molecule is CC(=O)NCCNC(=O)c1cn2c(C)cccc2n1. The van der Waals surface area contributed by atoms with Gasteiger partial charge in [0.15, 0.2) is 0 Å². The summed E-state index contributed by atoms with van der Waals surface area (Å²) >= 11 is 0. The predicted molar refractivity (Wildman–Crippen MR) is 70.9 cm³/mol. The summed E-state index contributed by atoms with van der Waals surface area (Å²) in [4.78, 5) is 26.8. The highest BCUT2D eigenvalue weighted by molar-refractivity contribution is 5.92. The monoisotopic (exact) mass is 260 g/mol. The van der Waals surface area contributed by atoms with Crippen molar-refractivity contribution in [2.45, 2.75) is 13.8 Å². The van der Waals surface area contributed by atoms with Crippen molar-refractivity contribution in [3.05, 3.63) is 35.8 Å². The first kappa shape index (κ1) is 13.1. The third-order valence-electron chi connectivity index (χ3n) is 2.71. The summed E-state index contributed by atoms with van der Waals surface area (Å²) in [5, 5.41) is 5.31. The molecule has 0 fully saturated rings. The molecule has 0 saturated heterocycles. The lowest BCUT2D eigenvalue weighted by Gasteiger charge is -2.03. The van der Waals surface area contributed by atoms with Gasteiger partial charge >= 0.3 is 0 Å². The standard InChI is InChI=1S/C13H16N4O2/c1-9-4-3-5-12-16-11(8-17(9)12)13(19)15-7-6-14-10(2)18/h3-5,8H,6-7H2,1-2H3,(H,14,18)(H,15,19). The fourth-order valence-corrected chi connectivity index (χ4v) is 1.76. The first-order valence-electron chi connectivity index (χ1n) is 6.05. The zero-order chi connectivity index (χ0) is 13.8. The largest absolute Gasteiger partial charge is 0.355 e. The normalized spacial score (nSPS) is 10.4. The summed E-state index contributed by atoms with van der Waals surface area (Å²) < 4.78 is 1.86. The number of pyridine rings is 1. The van der Waals surface area contributed by atoms with Gasteiger partial charge in [0.25, 0.3) is 5.91 Å². The van der Waals surface area contributed by atoms with Crippen molar-refractivity contribution in [3.8, 4) is 0 Å². The van der Waals surface area contributed by atoms with E-state index in [0.717, 1.165) is 11.3 Å². The Morgan fingerprint density at radius 1 is 1.26 bits per heavy atom. The van der Waals surface area contributed by atoms with E-state index < -0.39 is 0 Å². The number of aromatic nitrogens is 2. The molecule has 0 saturated carbocycles. The van der Waals surface area contributed by atoms with Crippen LogP contribution >= 0.6 is 0 Å². The van der Waals surface area contributed by atoms with Gasteiger partial charge in [0, 0.05) is 31.9 Å². The Hall–Kier alpha value is -2.37. The third-order valence-corrected chi connectivity index (χ3v) is 2.71. The third kappa shape index (κ3) is 3.09. The smallest absolute Gasteiger partial charge is 0.271 e. The van der Waals surface area contributed by atoms with E-state index in [2.05, 4.69) is 15.6 Å². The molecule has 0 radical (unpaired) electrons.